The Kier molecular flexibility index (Phi) is 3.05. The fourth-order valence-electron chi connectivity index (χ4n) is 1.78. The molecular weight excluding hydrogens is 258 g/mol. The highest BCUT2D eigenvalue weighted by atomic mass is 19.1. The summed E-state index contributed by atoms with van der Waals surface area (Å²) in [5, 5.41) is 0. The Balaban J connectivity index is 2.50. The highest BCUT2D eigenvalue weighted by Crippen LogP contribution is 2.33. The summed E-state index contributed by atoms with van der Waals surface area (Å²) in [5.74, 6) is -4.64. The van der Waals surface area contributed by atoms with Crippen LogP contribution in [0.2, 0.25) is 0 Å². The Hall–Kier alpha value is -2.31. The summed E-state index contributed by atoms with van der Waals surface area (Å²) in [4.78, 5) is 36.7. The van der Waals surface area contributed by atoms with Crippen molar-refractivity contribution in [2.24, 2.45) is 0 Å². The second-order valence-electron chi connectivity index (χ2n) is 4.26. The van der Waals surface area contributed by atoms with Gasteiger partial charge in [-0.2, -0.15) is 0 Å². The van der Waals surface area contributed by atoms with Gasteiger partial charge in [0.05, 0.1) is 11.3 Å². The van der Waals surface area contributed by atoms with Gasteiger partial charge in [-0.05, 0) is 12.1 Å². The standard InChI is InChI=1S/C12H10F2N2O3/c1-15(2)8(17)5-16-10-7(14)4-3-6(13)9(10)11(18)12(16)19/h3-4H,5H2,1-2H3. The molecule has 1 aromatic carbocycles. The minimum Gasteiger partial charge on any atom is -0.347 e. The predicted molar refractivity (Wildman–Crippen MR) is 61.7 cm³/mol. The van der Waals surface area contributed by atoms with E-state index in [2.05, 4.69) is 0 Å². The molecule has 0 fully saturated rings. The van der Waals surface area contributed by atoms with Gasteiger partial charge >= 0.3 is 0 Å². The Labute approximate surface area is 107 Å². The molecule has 0 bridgehead atoms. The second-order valence-corrected chi connectivity index (χ2v) is 4.26. The van der Waals surface area contributed by atoms with Gasteiger partial charge < -0.3 is 4.90 Å². The molecular formula is C12H10F2N2O3. The first kappa shape index (κ1) is 13.1. The lowest BCUT2D eigenvalue weighted by molar-refractivity contribution is -0.128. The largest absolute Gasteiger partial charge is 0.347 e. The summed E-state index contributed by atoms with van der Waals surface area (Å²) >= 11 is 0. The number of amides is 2. The zero-order valence-corrected chi connectivity index (χ0v) is 10.2. The van der Waals surface area contributed by atoms with Gasteiger partial charge in [-0.3, -0.25) is 19.3 Å². The summed E-state index contributed by atoms with van der Waals surface area (Å²) in [6.45, 7) is -0.509. The van der Waals surface area contributed by atoms with Crippen LogP contribution >= 0.6 is 0 Å². The highest BCUT2D eigenvalue weighted by Gasteiger charge is 2.41. The lowest BCUT2D eigenvalue weighted by Gasteiger charge is -2.19. The van der Waals surface area contributed by atoms with E-state index in [0.717, 1.165) is 12.1 Å². The normalized spacial score (nSPS) is 13.8. The van der Waals surface area contributed by atoms with E-state index in [4.69, 9.17) is 0 Å². The van der Waals surface area contributed by atoms with Gasteiger partial charge in [-0.15, -0.1) is 0 Å². The molecule has 0 radical (unpaired) electrons. The van der Waals surface area contributed by atoms with E-state index in [1.807, 2.05) is 0 Å². The van der Waals surface area contributed by atoms with Crippen molar-refractivity contribution in [3.8, 4) is 0 Å². The second kappa shape index (κ2) is 4.42. The van der Waals surface area contributed by atoms with E-state index in [1.54, 1.807) is 0 Å². The maximum absolute atomic E-state index is 13.7. The van der Waals surface area contributed by atoms with E-state index < -0.39 is 47.0 Å². The summed E-state index contributed by atoms with van der Waals surface area (Å²) in [5.41, 5.74) is -1.08. The van der Waals surface area contributed by atoms with Gasteiger partial charge in [0, 0.05) is 14.1 Å². The molecule has 0 aromatic heterocycles. The van der Waals surface area contributed by atoms with Crippen LogP contribution in [0, 0.1) is 11.6 Å². The number of anilines is 1. The molecule has 2 rings (SSSR count). The summed E-state index contributed by atoms with van der Waals surface area (Å²) in [7, 11) is 2.90. The van der Waals surface area contributed by atoms with Crippen molar-refractivity contribution in [1.82, 2.24) is 4.90 Å². The lowest BCUT2D eigenvalue weighted by Crippen LogP contribution is -2.39. The molecule has 0 saturated heterocycles. The molecule has 19 heavy (non-hydrogen) atoms. The van der Waals surface area contributed by atoms with Gasteiger partial charge in [0.15, 0.2) is 0 Å². The highest BCUT2D eigenvalue weighted by molar-refractivity contribution is 6.52. The number of benzene rings is 1. The number of carbonyl (C=O) groups is 3. The quantitative estimate of drug-likeness (QED) is 0.737. The van der Waals surface area contributed by atoms with Crippen molar-refractivity contribution in [2.75, 3.05) is 25.5 Å². The van der Waals surface area contributed by atoms with Crippen molar-refractivity contribution >= 4 is 23.3 Å². The number of fused-ring (bicyclic) bond motifs is 1. The molecule has 0 N–H and O–H groups in total. The molecule has 1 aliphatic heterocycles. The van der Waals surface area contributed by atoms with E-state index in [1.165, 1.54) is 19.0 Å². The van der Waals surface area contributed by atoms with E-state index in [-0.39, 0.29) is 0 Å². The molecule has 5 nitrogen and oxygen atoms in total. The Morgan fingerprint density at radius 1 is 1.21 bits per heavy atom. The molecule has 0 atom stereocenters. The van der Waals surface area contributed by atoms with Crippen LogP contribution in [0.1, 0.15) is 10.4 Å². The molecule has 2 amide bonds. The van der Waals surface area contributed by atoms with Crippen LogP contribution in [0.4, 0.5) is 14.5 Å². The Bertz CT molecular complexity index is 599. The van der Waals surface area contributed by atoms with Crippen LogP contribution in [0.25, 0.3) is 0 Å². The van der Waals surface area contributed by atoms with Crippen molar-refractivity contribution in [3.63, 3.8) is 0 Å². The SMILES string of the molecule is CN(C)C(=O)CN1C(=O)C(=O)c2c(F)ccc(F)c21. The third-order valence-electron chi connectivity index (χ3n) is 2.81. The molecule has 0 aliphatic carbocycles. The minimum atomic E-state index is -1.14. The third kappa shape index (κ3) is 1.96. The van der Waals surface area contributed by atoms with Crippen molar-refractivity contribution < 1.29 is 23.2 Å². The zero-order chi connectivity index (χ0) is 14.3. The topological polar surface area (TPSA) is 57.7 Å². The smallest absolute Gasteiger partial charge is 0.300 e. The predicted octanol–water partition coefficient (Wildman–Crippen LogP) is 0.582. The monoisotopic (exact) mass is 268 g/mol. The van der Waals surface area contributed by atoms with Crippen LogP contribution in [0.3, 0.4) is 0 Å². The molecule has 0 unspecified atom stereocenters. The minimum absolute atomic E-state index is 0.467. The van der Waals surface area contributed by atoms with Crippen molar-refractivity contribution in [1.29, 1.82) is 0 Å². The average Bonchev–Trinajstić information content (AvgIpc) is 2.60. The summed E-state index contributed by atoms with van der Waals surface area (Å²) in [6, 6.07) is 1.59. The van der Waals surface area contributed by atoms with Gasteiger partial charge in [0.2, 0.25) is 5.91 Å². The van der Waals surface area contributed by atoms with Crippen LogP contribution in [0.15, 0.2) is 12.1 Å². The maximum atomic E-state index is 13.7. The van der Waals surface area contributed by atoms with Gasteiger partial charge in [-0.1, -0.05) is 0 Å². The van der Waals surface area contributed by atoms with Crippen LogP contribution in [-0.4, -0.2) is 43.1 Å². The van der Waals surface area contributed by atoms with Crippen LogP contribution < -0.4 is 4.90 Å². The van der Waals surface area contributed by atoms with Crippen LogP contribution in [0.5, 0.6) is 0 Å². The molecule has 1 heterocycles. The number of hydrogen-bond donors (Lipinski definition) is 0. The lowest BCUT2D eigenvalue weighted by atomic mass is 10.1. The van der Waals surface area contributed by atoms with Crippen LogP contribution in [-0.2, 0) is 9.59 Å². The molecule has 1 aromatic rings. The maximum Gasteiger partial charge on any atom is 0.300 e. The number of carbonyl (C=O) groups excluding carboxylic acids is 3. The number of ketones is 1. The number of Topliss-reactive ketones (excluding diaryl/α,β-unsaturated/α-hetero) is 1. The molecule has 7 heteroatoms. The fourth-order valence-corrected chi connectivity index (χ4v) is 1.78. The number of likely N-dealkylation sites (N-methyl/N-ethyl adjacent to an activating group) is 1. The van der Waals surface area contributed by atoms with Crippen molar-refractivity contribution in [3.05, 3.63) is 29.3 Å². The first-order chi connectivity index (χ1) is 8.84. The first-order valence-electron chi connectivity index (χ1n) is 5.39. The Morgan fingerprint density at radius 3 is 2.37 bits per heavy atom. The third-order valence-corrected chi connectivity index (χ3v) is 2.81. The van der Waals surface area contributed by atoms with Gasteiger partial charge in [-0.25, -0.2) is 8.78 Å². The van der Waals surface area contributed by atoms with E-state index in [0.29, 0.717) is 4.90 Å². The van der Waals surface area contributed by atoms with E-state index >= 15 is 0 Å². The fraction of sp³-hybridized carbons (Fsp3) is 0.250. The number of nitrogens with zero attached hydrogens (tertiary/aromatic N) is 2. The van der Waals surface area contributed by atoms with Gasteiger partial charge in [0.1, 0.15) is 18.2 Å². The number of hydrogen-bond acceptors (Lipinski definition) is 3. The number of halogens is 2. The molecule has 0 spiro atoms. The summed E-state index contributed by atoms with van der Waals surface area (Å²) < 4.78 is 27.2. The van der Waals surface area contributed by atoms with Crippen molar-refractivity contribution in [2.45, 2.75) is 0 Å². The zero-order valence-electron chi connectivity index (χ0n) is 10.2. The molecule has 1 aliphatic rings. The molecule has 0 saturated carbocycles. The molecule has 100 valence electrons. The van der Waals surface area contributed by atoms with E-state index in [9.17, 15) is 23.2 Å². The van der Waals surface area contributed by atoms with Gasteiger partial charge in [0.25, 0.3) is 11.7 Å². The average molecular weight is 268 g/mol. The first-order valence-corrected chi connectivity index (χ1v) is 5.39. The summed E-state index contributed by atoms with van der Waals surface area (Å²) in [6.07, 6.45) is 0. The Morgan fingerprint density at radius 2 is 1.79 bits per heavy atom. The number of rotatable bonds is 2.